The predicted octanol–water partition coefficient (Wildman–Crippen LogP) is 3.86. The summed E-state index contributed by atoms with van der Waals surface area (Å²) < 4.78 is 0. The van der Waals surface area contributed by atoms with Crippen LogP contribution in [0.3, 0.4) is 0 Å². The van der Waals surface area contributed by atoms with Crippen LogP contribution in [0.25, 0.3) is 11.0 Å². The highest BCUT2D eigenvalue weighted by molar-refractivity contribution is 6.31. The van der Waals surface area contributed by atoms with Gasteiger partial charge < -0.3 is 4.98 Å². The second kappa shape index (κ2) is 5.88. The lowest BCUT2D eigenvalue weighted by atomic mass is 10.2. The summed E-state index contributed by atoms with van der Waals surface area (Å²) in [6, 6.07) is 15.1. The maximum absolute atomic E-state index is 9.27. The van der Waals surface area contributed by atoms with Crippen LogP contribution < -0.4 is 5.43 Å². The lowest BCUT2D eigenvalue weighted by molar-refractivity contribution is 1.25. The highest BCUT2D eigenvalue weighted by atomic mass is 35.5. The van der Waals surface area contributed by atoms with E-state index in [1.165, 1.54) is 0 Å². The SMILES string of the molecule is Cc1ccc(N/N=C(/C#N)c2nc3ccccc3[nH]2)cc1Cl. The van der Waals surface area contributed by atoms with E-state index in [1.807, 2.05) is 49.4 Å². The molecule has 0 unspecified atom stereocenters. The van der Waals surface area contributed by atoms with Gasteiger partial charge in [0.15, 0.2) is 5.82 Å². The van der Waals surface area contributed by atoms with Crippen molar-refractivity contribution in [1.29, 1.82) is 5.26 Å². The smallest absolute Gasteiger partial charge is 0.203 e. The standard InChI is InChI=1S/C16H12ClN5/c1-10-6-7-11(8-12(10)17)21-22-15(9-18)16-19-13-4-2-3-5-14(13)20-16/h2-8,21H,1H3,(H,19,20)/b22-15-. The van der Waals surface area contributed by atoms with Gasteiger partial charge in [0, 0.05) is 5.02 Å². The number of rotatable bonds is 3. The number of imidazole rings is 1. The Bertz CT molecular complexity index is 871. The zero-order valence-electron chi connectivity index (χ0n) is 11.8. The molecule has 0 bridgehead atoms. The molecule has 2 N–H and O–H groups in total. The van der Waals surface area contributed by atoms with Crippen molar-refractivity contribution in [3.63, 3.8) is 0 Å². The predicted molar refractivity (Wildman–Crippen MR) is 88.1 cm³/mol. The van der Waals surface area contributed by atoms with Crippen molar-refractivity contribution in [3.8, 4) is 6.07 Å². The number of nitriles is 1. The minimum atomic E-state index is 0.174. The number of aromatic amines is 1. The molecule has 0 saturated carbocycles. The second-order valence-corrected chi connectivity index (χ2v) is 5.16. The number of H-pyrrole nitrogens is 1. The van der Waals surface area contributed by atoms with Crippen LogP contribution in [0.1, 0.15) is 11.4 Å². The van der Waals surface area contributed by atoms with Crippen molar-refractivity contribution < 1.29 is 0 Å². The lowest BCUT2D eigenvalue weighted by Crippen LogP contribution is -2.04. The molecule has 0 saturated heterocycles. The topological polar surface area (TPSA) is 76.9 Å². The molecular weight excluding hydrogens is 298 g/mol. The molecule has 0 aliphatic heterocycles. The quantitative estimate of drug-likeness (QED) is 0.569. The molecule has 1 heterocycles. The van der Waals surface area contributed by atoms with Gasteiger partial charge in [-0.05, 0) is 36.8 Å². The molecule has 22 heavy (non-hydrogen) atoms. The van der Waals surface area contributed by atoms with Gasteiger partial charge in [0.25, 0.3) is 0 Å². The molecular formula is C16H12ClN5. The number of hydrogen-bond donors (Lipinski definition) is 2. The Balaban J connectivity index is 1.90. The average Bonchev–Trinajstić information content (AvgIpc) is 2.95. The van der Waals surface area contributed by atoms with Gasteiger partial charge in [-0.1, -0.05) is 29.8 Å². The summed E-state index contributed by atoms with van der Waals surface area (Å²) in [4.78, 5) is 7.43. The van der Waals surface area contributed by atoms with E-state index < -0.39 is 0 Å². The minimum Gasteiger partial charge on any atom is -0.336 e. The third kappa shape index (κ3) is 2.78. The van der Waals surface area contributed by atoms with Crippen molar-refractivity contribution in [2.24, 2.45) is 5.10 Å². The summed E-state index contributed by atoms with van der Waals surface area (Å²) in [5, 5.41) is 14.0. The molecule has 1 aromatic heterocycles. The van der Waals surface area contributed by atoms with Gasteiger partial charge in [-0.3, -0.25) is 5.43 Å². The van der Waals surface area contributed by atoms with E-state index in [0.717, 1.165) is 16.6 Å². The summed E-state index contributed by atoms with van der Waals surface area (Å²) in [5.74, 6) is 0.425. The second-order valence-electron chi connectivity index (χ2n) is 4.75. The molecule has 0 spiro atoms. The van der Waals surface area contributed by atoms with Gasteiger partial charge in [-0.15, -0.1) is 0 Å². The Kier molecular flexibility index (Phi) is 3.77. The van der Waals surface area contributed by atoms with Crippen LogP contribution in [0.5, 0.6) is 0 Å². The first-order chi connectivity index (χ1) is 10.7. The number of fused-ring (bicyclic) bond motifs is 1. The molecule has 6 heteroatoms. The summed E-state index contributed by atoms with van der Waals surface area (Å²) in [6.07, 6.45) is 0. The highest BCUT2D eigenvalue weighted by Gasteiger charge is 2.09. The Hall–Kier alpha value is -2.84. The third-order valence-corrected chi connectivity index (χ3v) is 3.60. The number of hydrazone groups is 1. The van der Waals surface area contributed by atoms with Crippen molar-refractivity contribution in [2.75, 3.05) is 5.43 Å². The first-order valence-corrected chi connectivity index (χ1v) is 7.00. The fourth-order valence-corrected chi connectivity index (χ4v) is 2.16. The molecule has 2 aromatic carbocycles. The van der Waals surface area contributed by atoms with Crippen molar-refractivity contribution in [2.45, 2.75) is 6.92 Å². The average molecular weight is 310 g/mol. The van der Waals surface area contributed by atoms with Crippen LogP contribution >= 0.6 is 11.6 Å². The first kappa shape index (κ1) is 14.1. The molecule has 3 rings (SSSR count). The summed E-state index contributed by atoms with van der Waals surface area (Å²) in [6.45, 7) is 1.92. The molecule has 0 fully saturated rings. The van der Waals surface area contributed by atoms with Gasteiger partial charge in [0.2, 0.25) is 5.71 Å². The number of para-hydroxylation sites is 2. The third-order valence-electron chi connectivity index (χ3n) is 3.19. The Morgan fingerprint density at radius 2 is 2.14 bits per heavy atom. The van der Waals surface area contributed by atoms with Gasteiger partial charge in [-0.25, -0.2) is 4.98 Å². The maximum atomic E-state index is 9.27. The van der Waals surface area contributed by atoms with Crippen LogP contribution in [0.4, 0.5) is 5.69 Å². The van der Waals surface area contributed by atoms with E-state index in [2.05, 4.69) is 20.5 Å². The van der Waals surface area contributed by atoms with Crippen LogP contribution in [0.15, 0.2) is 47.6 Å². The molecule has 5 nitrogen and oxygen atoms in total. The number of halogens is 1. The first-order valence-electron chi connectivity index (χ1n) is 6.62. The van der Waals surface area contributed by atoms with Gasteiger partial charge >= 0.3 is 0 Å². The van der Waals surface area contributed by atoms with Crippen LogP contribution in [-0.2, 0) is 0 Å². The zero-order valence-corrected chi connectivity index (χ0v) is 12.5. The minimum absolute atomic E-state index is 0.174. The van der Waals surface area contributed by atoms with E-state index in [9.17, 15) is 5.26 Å². The Labute approximate surface area is 132 Å². The number of aryl methyl sites for hydroxylation is 1. The largest absolute Gasteiger partial charge is 0.336 e. The molecule has 3 aromatic rings. The number of nitrogens with zero attached hydrogens (tertiary/aromatic N) is 3. The van der Waals surface area contributed by atoms with E-state index in [1.54, 1.807) is 6.07 Å². The number of anilines is 1. The van der Waals surface area contributed by atoms with E-state index >= 15 is 0 Å². The van der Waals surface area contributed by atoms with Gasteiger partial charge in [0.1, 0.15) is 6.07 Å². The Morgan fingerprint density at radius 3 is 2.86 bits per heavy atom. The Morgan fingerprint density at radius 1 is 1.32 bits per heavy atom. The molecule has 0 aliphatic rings. The molecule has 0 radical (unpaired) electrons. The van der Waals surface area contributed by atoms with Crippen molar-refractivity contribution >= 4 is 34.0 Å². The van der Waals surface area contributed by atoms with Crippen LogP contribution in [0, 0.1) is 18.3 Å². The van der Waals surface area contributed by atoms with E-state index in [-0.39, 0.29) is 5.71 Å². The van der Waals surface area contributed by atoms with Gasteiger partial charge in [0.05, 0.1) is 16.7 Å². The summed E-state index contributed by atoms with van der Waals surface area (Å²) in [7, 11) is 0. The molecule has 0 amide bonds. The highest BCUT2D eigenvalue weighted by Crippen LogP contribution is 2.20. The van der Waals surface area contributed by atoms with Gasteiger partial charge in [-0.2, -0.15) is 10.4 Å². The van der Waals surface area contributed by atoms with Crippen molar-refractivity contribution in [3.05, 3.63) is 58.9 Å². The number of benzene rings is 2. The van der Waals surface area contributed by atoms with Crippen LogP contribution in [0.2, 0.25) is 5.02 Å². The molecule has 0 atom stereocenters. The fraction of sp³-hybridized carbons (Fsp3) is 0.0625. The lowest BCUT2D eigenvalue weighted by Gasteiger charge is -2.03. The zero-order chi connectivity index (χ0) is 15.5. The monoisotopic (exact) mass is 309 g/mol. The van der Waals surface area contributed by atoms with E-state index in [0.29, 0.717) is 16.5 Å². The summed E-state index contributed by atoms with van der Waals surface area (Å²) >= 11 is 6.06. The van der Waals surface area contributed by atoms with E-state index in [4.69, 9.17) is 11.6 Å². The maximum Gasteiger partial charge on any atom is 0.203 e. The number of hydrogen-bond acceptors (Lipinski definition) is 4. The fourth-order valence-electron chi connectivity index (χ4n) is 1.98. The number of nitrogens with one attached hydrogen (secondary N) is 2. The van der Waals surface area contributed by atoms with Crippen molar-refractivity contribution in [1.82, 2.24) is 9.97 Å². The molecule has 0 aliphatic carbocycles. The molecule has 108 valence electrons. The number of aromatic nitrogens is 2. The normalized spacial score (nSPS) is 11.4. The van der Waals surface area contributed by atoms with Crippen LogP contribution in [-0.4, -0.2) is 15.7 Å². The summed E-state index contributed by atoms with van der Waals surface area (Å²) in [5.41, 5.74) is 6.34.